The summed E-state index contributed by atoms with van der Waals surface area (Å²) in [6.07, 6.45) is 1.08. The van der Waals surface area contributed by atoms with Crippen LogP contribution in [0, 0.1) is 5.92 Å². The molecule has 0 unspecified atom stereocenters. The summed E-state index contributed by atoms with van der Waals surface area (Å²) in [4.78, 5) is 11.4. The van der Waals surface area contributed by atoms with Crippen molar-refractivity contribution in [1.82, 2.24) is 0 Å². The minimum Gasteiger partial charge on any atom is -0.326 e. The number of nitrogens with one attached hydrogen (secondary N) is 2. The fourth-order valence-electron chi connectivity index (χ4n) is 1.12. The summed E-state index contributed by atoms with van der Waals surface area (Å²) < 4.78 is 24.3. The van der Waals surface area contributed by atoms with E-state index in [9.17, 15) is 13.2 Å². The molecule has 0 aromatic heterocycles. The number of benzene rings is 1. The summed E-state index contributed by atoms with van der Waals surface area (Å²) in [7, 11) is -3.26. The molecule has 0 saturated heterocycles. The maximum Gasteiger partial charge on any atom is 0.229 e. The Morgan fingerprint density at radius 1 is 1.12 bits per heavy atom. The maximum absolute atomic E-state index is 11.4. The van der Waals surface area contributed by atoms with Gasteiger partial charge in [-0.15, -0.1) is 0 Å². The molecule has 1 aromatic rings. The van der Waals surface area contributed by atoms with Gasteiger partial charge in [-0.05, 0) is 24.3 Å². The van der Waals surface area contributed by atoms with Crippen molar-refractivity contribution in [3.05, 3.63) is 24.3 Å². The van der Waals surface area contributed by atoms with Crippen LogP contribution < -0.4 is 10.0 Å². The molecule has 0 fully saturated rings. The lowest BCUT2D eigenvalue weighted by Crippen LogP contribution is -2.17. The molecule has 1 rings (SSSR count). The molecule has 0 radical (unpaired) electrons. The van der Waals surface area contributed by atoms with Crippen molar-refractivity contribution in [1.29, 1.82) is 0 Å². The molecule has 1 aromatic carbocycles. The van der Waals surface area contributed by atoms with E-state index in [-0.39, 0.29) is 11.8 Å². The van der Waals surface area contributed by atoms with Gasteiger partial charge in [0.1, 0.15) is 0 Å². The van der Waals surface area contributed by atoms with Gasteiger partial charge < -0.3 is 5.32 Å². The van der Waals surface area contributed by atoms with Gasteiger partial charge in [0.05, 0.1) is 6.26 Å². The van der Waals surface area contributed by atoms with Gasteiger partial charge in [0, 0.05) is 17.3 Å². The summed E-state index contributed by atoms with van der Waals surface area (Å²) in [6.45, 7) is 3.60. The molecule has 0 aliphatic carbocycles. The van der Waals surface area contributed by atoms with E-state index in [1.165, 1.54) is 0 Å². The number of rotatable bonds is 4. The van der Waals surface area contributed by atoms with E-state index in [0.717, 1.165) is 6.26 Å². The van der Waals surface area contributed by atoms with Crippen LogP contribution in [0.15, 0.2) is 24.3 Å². The van der Waals surface area contributed by atoms with E-state index in [2.05, 4.69) is 10.0 Å². The molecule has 94 valence electrons. The van der Waals surface area contributed by atoms with E-state index in [1.54, 1.807) is 38.1 Å². The van der Waals surface area contributed by atoms with Crippen molar-refractivity contribution >= 4 is 27.3 Å². The predicted molar refractivity (Wildman–Crippen MR) is 68.4 cm³/mol. The summed E-state index contributed by atoms with van der Waals surface area (Å²) in [5, 5.41) is 2.72. The van der Waals surface area contributed by atoms with Crippen LogP contribution in [-0.4, -0.2) is 20.6 Å². The van der Waals surface area contributed by atoms with Gasteiger partial charge in [-0.3, -0.25) is 9.52 Å². The van der Waals surface area contributed by atoms with Gasteiger partial charge >= 0.3 is 0 Å². The monoisotopic (exact) mass is 256 g/mol. The molecule has 0 aliphatic heterocycles. The van der Waals surface area contributed by atoms with Crippen LogP contribution in [0.2, 0.25) is 0 Å². The van der Waals surface area contributed by atoms with E-state index in [4.69, 9.17) is 0 Å². The van der Waals surface area contributed by atoms with Crippen molar-refractivity contribution in [2.75, 3.05) is 16.3 Å². The number of sulfonamides is 1. The quantitative estimate of drug-likeness (QED) is 0.860. The van der Waals surface area contributed by atoms with Crippen LogP contribution in [0.5, 0.6) is 0 Å². The number of carbonyl (C=O) groups excluding carboxylic acids is 1. The molecular weight excluding hydrogens is 240 g/mol. The Kier molecular flexibility index (Phi) is 4.11. The minimum atomic E-state index is -3.26. The van der Waals surface area contributed by atoms with Gasteiger partial charge in [-0.1, -0.05) is 13.8 Å². The van der Waals surface area contributed by atoms with E-state index >= 15 is 0 Å². The van der Waals surface area contributed by atoms with Crippen molar-refractivity contribution in [2.45, 2.75) is 13.8 Å². The highest BCUT2D eigenvalue weighted by molar-refractivity contribution is 7.92. The number of anilines is 2. The Balaban J connectivity index is 2.72. The third kappa shape index (κ3) is 4.86. The van der Waals surface area contributed by atoms with Gasteiger partial charge in [-0.2, -0.15) is 0 Å². The minimum absolute atomic E-state index is 0.0752. The fraction of sp³-hybridized carbons (Fsp3) is 0.364. The average molecular weight is 256 g/mol. The van der Waals surface area contributed by atoms with Crippen LogP contribution in [0.25, 0.3) is 0 Å². The SMILES string of the molecule is CC(C)C(=O)Nc1ccc(NS(C)(=O)=O)cc1. The molecule has 17 heavy (non-hydrogen) atoms. The second-order valence-electron chi connectivity index (χ2n) is 4.10. The molecule has 0 aliphatic rings. The second-order valence-corrected chi connectivity index (χ2v) is 5.84. The van der Waals surface area contributed by atoms with Crippen LogP contribution in [0.4, 0.5) is 11.4 Å². The first-order valence-corrected chi connectivity index (χ1v) is 7.06. The van der Waals surface area contributed by atoms with Crippen molar-refractivity contribution in [3.8, 4) is 0 Å². The lowest BCUT2D eigenvalue weighted by atomic mass is 10.2. The molecule has 0 bridgehead atoms. The Morgan fingerprint density at radius 2 is 1.59 bits per heavy atom. The molecule has 2 N–H and O–H groups in total. The number of hydrogen-bond donors (Lipinski definition) is 2. The van der Waals surface area contributed by atoms with Gasteiger partial charge in [0.15, 0.2) is 0 Å². The van der Waals surface area contributed by atoms with Gasteiger partial charge in [0.25, 0.3) is 0 Å². The molecule has 0 atom stereocenters. The molecule has 6 heteroatoms. The summed E-state index contributed by atoms with van der Waals surface area (Å²) in [5.74, 6) is -0.169. The van der Waals surface area contributed by atoms with Crippen LogP contribution >= 0.6 is 0 Å². The van der Waals surface area contributed by atoms with Crippen molar-refractivity contribution in [2.24, 2.45) is 5.92 Å². The number of carbonyl (C=O) groups is 1. The predicted octanol–water partition coefficient (Wildman–Crippen LogP) is 1.65. The molecule has 0 heterocycles. The first kappa shape index (κ1) is 13.5. The highest BCUT2D eigenvalue weighted by Crippen LogP contribution is 2.15. The van der Waals surface area contributed by atoms with Crippen molar-refractivity contribution in [3.63, 3.8) is 0 Å². The summed E-state index contributed by atoms with van der Waals surface area (Å²) >= 11 is 0. The van der Waals surface area contributed by atoms with Gasteiger partial charge in [0.2, 0.25) is 15.9 Å². The normalized spacial score (nSPS) is 11.3. The zero-order valence-corrected chi connectivity index (χ0v) is 10.8. The second kappa shape index (κ2) is 5.18. The third-order valence-corrected chi connectivity index (χ3v) is 2.59. The highest BCUT2D eigenvalue weighted by Gasteiger charge is 2.07. The molecule has 5 nitrogen and oxygen atoms in total. The lowest BCUT2D eigenvalue weighted by Gasteiger charge is -2.08. The number of hydrogen-bond acceptors (Lipinski definition) is 3. The first-order valence-electron chi connectivity index (χ1n) is 5.16. The zero-order chi connectivity index (χ0) is 13.1. The molecule has 0 saturated carbocycles. The largest absolute Gasteiger partial charge is 0.326 e. The van der Waals surface area contributed by atoms with E-state index in [0.29, 0.717) is 11.4 Å². The van der Waals surface area contributed by atoms with Gasteiger partial charge in [-0.25, -0.2) is 8.42 Å². The van der Waals surface area contributed by atoms with E-state index < -0.39 is 10.0 Å². The standard InChI is InChI=1S/C11H16N2O3S/c1-8(2)11(14)12-9-4-6-10(7-5-9)13-17(3,15)16/h4-8,13H,1-3H3,(H,12,14). The Hall–Kier alpha value is -1.56. The van der Waals surface area contributed by atoms with E-state index in [1.807, 2.05) is 0 Å². The average Bonchev–Trinajstić information content (AvgIpc) is 2.18. The van der Waals surface area contributed by atoms with Crippen LogP contribution in [0.1, 0.15) is 13.8 Å². The molecular formula is C11H16N2O3S. The first-order chi connectivity index (χ1) is 7.78. The Bertz CT molecular complexity index is 492. The fourth-order valence-corrected chi connectivity index (χ4v) is 1.69. The topological polar surface area (TPSA) is 75.3 Å². The molecule has 1 amide bonds. The summed E-state index contributed by atoms with van der Waals surface area (Å²) in [6, 6.07) is 6.48. The zero-order valence-electron chi connectivity index (χ0n) is 10.0. The van der Waals surface area contributed by atoms with Crippen LogP contribution in [-0.2, 0) is 14.8 Å². The lowest BCUT2D eigenvalue weighted by molar-refractivity contribution is -0.118. The van der Waals surface area contributed by atoms with Crippen molar-refractivity contribution < 1.29 is 13.2 Å². The Morgan fingerprint density at radius 3 is 2.00 bits per heavy atom. The smallest absolute Gasteiger partial charge is 0.229 e. The molecule has 0 spiro atoms. The Labute approximate surface area is 101 Å². The highest BCUT2D eigenvalue weighted by atomic mass is 32.2. The summed E-state index contributed by atoms with van der Waals surface area (Å²) in [5.41, 5.74) is 1.11. The third-order valence-electron chi connectivity index (χ3n) is 1.98. The number of amides is 1. The maximum atomic E-state index is 11.4. The van der Waals surface area contributed by atoms with Crippen LogP contribution in [0.3, 0.4) is 0 Å².